The van der Waals surface area contributed by atoms with Crippen LogP contribution >= 0.6 is 0 Å². The van der Waals surface area contributed by atoms with E-state index in [1.165, 1.54) is 5.56 Å². The van der Waals surface area contributed by atoms with E-state index in [-0.39, 0.29) is 17.7 Å². The Morgan fingerprint density at radius 1 is 0.964 bits per heavy atom. The van der Waals surface area contributed by atoms with E-state index in [4.69, 9.17) is 0 Å². The second-order valence-electron chi connectivity index (χ2n) is 7.45. The molecule has 0 unspecified atom stereocenters. The smallest absolute Gasteiger partial charge is 0.255 e. The molecule has 5 rings (SSSR count). The quantitative estimate of drug-likeness (QED) is 0.753. The van der Waals surface area contributed by atoms with Crippen LogP contribution in [0, 0.1) is 5.92 Å². The maximum absolute atomic E-state index is 12.6. The number of fused-ring (bicyclic) bond motifs is 1. The number of rotatable bonds is 4. The fourth-order valence-corrected chi connectivity index (χ4v) is 3.73. The van der Waals surface area contributed by atoms with Crippen molar-refractivity contribution in [1.29, 1.82) is 0 Å². The van der Waals surface area contributed by atoms with Crippen molar-refractivity contribution in [3.8, 4) is 5.69 Å². The molecule has 0 bridgehead atoms. The molecule has 1 saturated carbocycles. The molecule has 0 saturated heterocycles. The van der Waals surface area contributed by atoms with Crippen LogP contribution in [0.5, 0.6) is 0 Å². The van der Waals surface area contributed by atoms with Gasteiger partial charge in [-0.2, -0.15) is 0 Å². The van der Waals surface area contributed by atoms with Crippen molar-refractivity contribution in [2.45, 2.75) is 19.3 Å². The van der Waals surface area contributed by atoms with Gasteiger partial charge in [0.15, 0.2) is 0 Å². The third kappa shape index (κ3) is 3.09. The highest BCUT2D eigenvalue weighted by molar-refractivity contribution is 6.05. The van der Waals surface area contributed by atoms with Crippen LogP contribution in [0.4, 0.5) is 11.4 Å². The topological polar surface area (TPSA) is 54.3 Å². The van der Waals surface area contributed by atoms with Crippen molar-refractivity contribution in [3.05, 3.63) is 78.1 Å². The van der Waals surface area contributed by atoms with Crippen molar-refractivity contribution in [1.82, 2.24) is 4.57 Å². The maximum atomic E-state index is 12.6. The van der Waals surface area contributed by atoms with Crippen LogP contribution in [-0.2, 0) is 11.2 Å². The molecule has 5 heteroatoms. The van der Waals surface area contributed by atoms with Gasteiger partial charge in [-0.1, -0.05) is 6.07 Å². The molecule has 1 aliphatic heterocycles. The highest BCUT2D eigenvalue weighted by atomic mass is 16.2. The van der Waals surface area contributed by atoms with Gasteiger partial charge in [-0.25, -0.2) is 0 Å². The van der Waals surface area contributed by atoms with Crippen LogP contribution in [0.3, 0.4) is 0 Å². The van der Waals surface area contributed by atoms with Gasteiger partial charge in [0, 0.05) is 47.5 Å². The lowest BCUT2D eigenvalue weighted by Gasteiger charge is -2.18. The van der Waals surface area contributed by atoms with Gasteiger partial charge in [0.05, 0.1) is 0 Å². The second kappa shape index (κ2) is 6.68. The molecule has 2 heterocycles. The molecule has 1 aliphatic carbocycles. The molecule has 2 aliphatic rings. The van der Waals surface area contributed by atoms with Gasteiger partial charge >= 0.3 is 0 Å². The van der Waals surface area contributed by atoms with E-state index >= 15 is 0 Å². The second-order valence-corrected chi connectivity index (χ2v) is 7.45. The third-order valence-corrected chi connectivity index (χ3v) is 5.46. The van der Waals surface area contributed by atoms with E-state index in [1.807, 2.05) is 76.5 Å². The lowest BCUT2D eigenvalue weighted by atomic mass is 10.1. The van der Waals surface area contributed by atoms with Gasteiger partial charge in [-0.05, 0) is 73.4 Å². The normalized spacial score (nSPS) is 15.4. The van der Waals surface area contributed by atoms with Gasteiger partial charge in [-0.3, -0.25) is 9.59 Å². The molecule has 2 amide bonds. The summed E-state index contributed by atoms with van der Waals surface area (Å²) in [5, 5.41) is 2.96. The first-order valence-electron chi connectivity index (χ1n) is 9.68. The first-order chi connectivity index (χ1) is 13.7. The highest BCUT2D eigenvalue weighted by Crippen LogP contribution is 2.37. The summed E-state index contributed by atoms with van der Waals surface area (Å²) in [6.07, 6.45) is 6.81. The van der Waals surface area contributed by atoms with Crippen molar-refractivity contribution < 1.29 is 9.59 Å². The highest BCUT2D eigenvalue weighted by Gasteiger charge is 2.36. The summed E-state index contributed by atoms with van der Waals surface area (Å²) < 4.78 is 1.99. The van der Waals surface area contributed by atoms with Crippen molar-refractivity contribution in [2.75, 3.05) is 16.8 Å². The van der Waals surface area contributed by atoms with E-state index in [0.717, 1.165) is 37.2 Å². The molecule has 1 aromatic heterocycles. The van der Waals surface area contributed by atoms with Crippen LogP contribution in [-0.4, -0.2) is 22.9 Å². The summed E-state index contributed by atoms with van der Waals surface area (Å²) in [6, 6.07) is 17.3. The minimum Gasteiger partial charge on any atom is -0.324 e. The van der Waals surface area contributed by atoms with Crippen LogP contribution in [0.2, 0.25) is 0 Å². The number of nitrogens with one attached hydrogen (secondary N) is 1. The van der Waals surface area contributed by atoms with E-state index in [1.54, 1.807) is 0 Å². The Labute approximate surface area is 163 Å². The largest absolute Gasteiger partial charge is 0.324 e. The lowest BCUT2D eigenvalue weighted by molar-refractivity contribution is -0.119. The zero-order chi connectivity index (χ0) is 19.1. The number of benzene rings is 2. The Morgan fingerprint density at radius 2 is 1.71 bits per heavy atom. The summed E-state index contributed by atoms with van der Waals surface area (Å²) in [5.74, 6) is 0.267. The van der Waals surface area contributed by atoms with Crippen molar-refractivity contribution >= 4 is 23.2 Å². The summed E-state index contributed by atoms with van der Waals surface area (Å²) >= 11 is 0. The van der Waals surface area contributed by atoms with Gasteiger partial charge in [0.25, 0.3) is 5.91 Å². The monoisotopic (exact) mass is 371 g/mol. The molecule has 140 valence electrons. The van der Waals surface area contributed by atoms with E-state index in [9.17, 15) is 9.59 Å². The SMILES string of the molecule is O=C(Nc1ccc2c(c1)N(C(=O)C1CC1)CC2)c1ccc(-n2cccc2)cc1. The molecular weight excluding hydrogens is 350 g/mol. The van der Waals surface area contributed by atoms with Crippen LogP contribution in [0.1, 0.15) is 28.8 Å². The minimum absolute atomic E-state index is 0.155. The summed E-state index contributed by atoms with van der Waals surface area (Å²) in [5.41, 5.74) is 4.44. The Kier molecular flexibility index (Phi) is 4.01. The molecule has 28 heavy (non-hydrogen) atoms. The van der Waals surface area contributed by atoms with Gasteiger partial charge in [0.1, 0.15) is 0 Å². The number of amides is 2. The molecule has 0 atom stereocenters. The fourth-order valence-electron chi connectivity index (χ4n) is 3.73. The van der Waals surface area contributed by atoms with Gasteiger partial charge in [-0.15, -0.1) is 0 Å². The summed E-state index contributed by atoms with van der Waals surface area (Å²) in [7, 11) is 0. The molecular formula is C23H21N3O2. The molecule has 0 spiro atoms. The number of aromatic nitrogens is 1. The molecule has 1 fully saturated rings. The fraction of sp³-hybridized carbons (Fsp3) is 0.217. The molecule has 1 N–H and O–H groups in total. The Balaban J connectivity index is 1.33. The number of carbonyl (C=O) groups excluding carboxylic acids is 2. The maximum Gasteiger partial charge on any atom is 0.255 e. The predicted octanol–water partition coefficient (Wildman–Crippen LogP) is 4.03. The average molecular weight is 371 g/mol. The lowest BCUT2D eigenvalue weighted by Crippen LogP contribution is -2.30. The van der Waals surface area contributed by atoms with Crippen molar-refractivity contribution in [3.63, 3.8) is 0 Å². The van der Waals surface area contributed by atoms with E-state index in [2.05, 4.69) is 5.32 Å². The number of carbonyl (C=O) groups is 2. The molecule has 3 aromatic rings. The Hall–Kier alpha value is -3.34. The third-order valence-electron chi connectivity index (χ3n) is 5.46. The molecule has 5 nitrogen and oxygen atoms in total. The summed E-state index contributed by atoms with van der Waals surface area (Å²) in [4.78, 5) is 27.0. The Morgan fingerprint density at radius 3 is 2.43 bits per heavy atom. The molecule has 0 radical (unpaired) electrons. The van der Waals surface area contributed by atoms with Crippen LogP contribution in [0.25, 0.3) is 5.69 Å². The molecule has 2 aromatic carbocycles. The van der Waals surface area contributed by atoms with E-state index < -0.39 is 0 Å². The van der Waals surface area contributed by atoms with Gasteiger partial charge < -0.3 is 14.8 Å². The standard InChI is InChI=1S/C23H21N3O2/c27-22(17-6-9-20(10-7-17)25-12-1-2-13-25)24-19-8-5-16-11-14-26(21(16)15-19)23(28)18-3-4-18/h1-2,5-10,12-13,15,18H,3-4,11,14H2,(H,24,27). The summed E-state index contributed by atoms with van der Waals surface area (Å²) in [6.45, 7) is 0.739. The van der Waals surface area contributed by atoms with Gasteiger partial charge in [0.2, 0.25) is 5.91 Å². The number of nitrogens with zero attached hydrogens (tertiary/aromatic N) is 2. The van der Waals surface area contributed by atoms with E-state index in [0.29, 0.717) is 11.3 Å². The minimum atomic E-state index is -0.155. The predicted molar refractivity (Wildman–Crippen MR) is 109 cm³/mol. The first-order valence-corrected chi connectivity index (χ1v) is 9.68. The van der Waals surface area contributed by atoms with Crippen LogP contribution in [0.15, 0.2) is 67.0 Å². The zero-order valence-electron chi connectivity index (χ0n) is 15.5. The average Bonchev–Trinajstić information content (AvgIpc) is 3.26. The Bertz CT molecular complexity index is 1030. The number of anilines is 2. The number of hydrogen-bond acceptors (Lipinski definition) is 2. The van der Waals surface area contributed by atoms with Crippen LogP contribution < -0.4 is 10.2 Å². The first kappa shape index (κ1) is 16.8. The zero-order valence-corrected chi connectivity index (χ0v) is 15.5. The van der Waals surface area contributed by atoms with Crippen molar-refractivity contribution in [2.24, 2.45) is 5.92 Å². The number of hydrogen-bond donors (Lipinski definition) is 1.